The van der Waals surface area contributed by atoms with Gasteiger partial charge >= 0.3 is 0 Å². The molecule has 1 fully saturated rings. The van der Waals surface area contributed by atoms with E-state index >= 15 is 0 Å². The molecule has 152 valence electrons. The van der Waals surface area contributed by atoms with E-state index < -0.39 is 0 Å². The van der Waals surface area contributed by atoms with Crippen molar-refractivity contribution < 1.29 is 23.8 Å². The van der Waals surface area contributed by atoms with Crippen molar-refractivity contribution in [2.75, 3.05) is 59.8 Å². The van der Waals surface area contributed by atoms with Gasteiger partial charge in [-0.3, -0.25) is 9.59 Å². The number of hydrogen-bond acceptors (Lipinski definition) is 6. The Kier molecular flexibility index (Phi) is 13.1. The molecule has 3 N–H and O–H groups in total. The van der Waals surface area contributed by atoms with Gasteiger partial charge in [0.1, 0.15) is 12.6 Å². The molecule has 0 saturated carbocycles. The molecule has 8 heteroatoms. The third kappa shape index (κ3) is 9.47. The van der Waals surface area contributed by atoms with Crippen LogP contribution in [0.3, 0.4) is 0 Å². The molecule has 1 aliphatic rings. The van der Waals surface area contributed by atoms with Crippen molar-refractivity contribution in [1.29, 1.82) is 0 Å². The summed E-state index contributed by atoms with van der Waals surface area (Å²) in [5.41, 5.74) is 5.46. The molecule has 8 nitrogen and oxygen atoms in total. The highest BCUT2D eigenvalue weighted by atomic mass is 16.5. The summed E-state index contributed by atoms with van der Waals surface area (Å²) >= 11 is 0. The maximum atomic E-state index is 12.4. The first-order valence-corrected chi connectivity index (χ1v) is 9.62. The number of nitrogens with zero attached hydrogens (tertiary/aromatic N) is 1. The number of carbonyl (C=O) groups is 2. The van der Waals surface area contributed by atoms with Crippen LogP contribution < -0.4 is 11.1 Å². The van der Waals surface area contributed by atoms with Crippen LogP contribution >= 0.6 is 0 Å². The first-order chi connectivity index (χ1) is 12.7. The largest absolute Gasteiger partial charge is 0.382 e. The molecule has 1 atom stereocenters. The summed E-state index contributed by atoms with van der Waals surface area (Å²) in [5, 5.41) is 2.95. The Hall–Kier alpha value is -1.22. The van der Waals surface area contributed by atoms with E-state index in [0.717, 1.165) is 32.1 Å². The van der Waals surface area contributed by atoms with Gasteiger partial charge < -0.3 is 30.2 Å². The van der Waals surface area contributed by atoms with Crippen molar-refractivity contribution in [1.82, 2.24) is 10.2 Å². The van der Waals surface area contributed by atoms with Crippen LogP contribution in [0.25, 0.3) is 0 Å². The minimum atomic E-state index is -0.382. The third-order valence-corrected chi connectivity index (χ3v) is 4.34. The standard InChI is InChI=1S/C18H35N3O5/c1-24-11-12-25-13-14-26-15-17(22)21-10-6-3-7-16(21)18(23)20-9-5-2-4-8-19/h16H,2-15,19H2,1H3,(H,20,23). The lowest BCUT2D eigenvalue weighted by Gasteiger charge is -2.34. The molecule has 0 aromatic carbocycles. The molecule has 0 aromatic heterocycles. The zero-order valence-corrected chi connectivity index (χ0v) is 16.0. The molecular weight excluding hydrogens is 338 g/mol. The minimum Gasteiger partial charge on any atom is -0.382 e. The minimum absolute atomic E-state index is 0.0199. The molecule has 26 heavy (non-hydrogen) atoms. The van der Waals surface area contributed by atoms with E-state index in [4.69, 9.17) is 19.9 Å². The molecule has 1 aliphatic heterocycles. The molecule has 0 radical (unpaired) electrons. The number of likely N-dealkylation sites (tertiary alicyclic amines) is 1. The van der Waals surface area contributed by atoms with Gasteiger partial charge in [-0.1, -0.05) is 6.42 Å². The van der Waals surface area contributed by atoms with Crippen LogP contribution in [0.15, 0.2) is 0 Å². The normalized spacial score (nSPS) is 17.3. The summed E-state index contributed by atoms with van der Waals surface area (Å²) in [6.07, 6.45) is 5.48. The number of ether oxygens (including phenoxy) is 3. The first-order valence-electron chi connectivity index (χ1n) is 9.62. The molecule has 1 unspecified atom stereocenters. The van der Waals surface area contributed by atoms with E-state index in [1.807, 2.05) is 0 Å². The Balaban J connectivity index is 2.27. The number of amides is 2. The number of methoxy groups -OCH3 is 1. The second-order valence-electron chi connectivity index (χ2n) is 6.40. The van der Waals surface area contributed by atoms with E-state index in [2.05, 4.69) is 5.32 Å². The van der Waals surface area contributed by atoms with Gasteiger partial charge in [-0.25, -0.2) is 0 Å². The summed E-state index contributed by atoms with van der Waals surface area (Å²) < 4.78 is 15.5. The van der Waals surface area contributed by atoms with Gasteiger partial charge in [-0.15, -0.1) is 0 Å². The van der Waals surface area contributed by atoms with Gasteiger partial charge in [0.2, 0.25) is 11.8 Å². The number of carbonyl (C=O) groups excluding carboxylic acids is 2. The summed E-state index contributed by atoms with van der Waals surface area (Å²) in [4.78, 5) is 26.5. The molecule has 0 aliphatic carbocycles. The van der Waals surface area contributed by atoms with Gasteiger partial charge in [-0.2, -0.15) is 0 Å². The number of rotatable bonds is 14. The Morgan fingerprint density at radius 2 is 1.85 bits per heavy atom. The predicted molar refractivity (Wildman–Crippen MR) is 98.8 cm³/mol. The van der Waals surface area contributed by atoms with Crippen LogP contribution in [0.2, 0.25) is 0 Å². The van der Waals surface area contributed by atoms with Crippen LogP contribution in [0.1, 0.15) is 38.5 Å². The average Bonchev–Trinajstić information content (AvgIpc) is 2.66. The van der Waals surface area contributed by atoms with E-state index in [1.54, 1.807) is 12.0 Å². The maximum Gasteiger partial charge on any atom is 0.249 e. The topological polar surface area (TPSA) is 103 Å². The van der Waals surface area contributed by atoms with Crippen molar-refractivity contribution in [3.05, 3.63) is 0 Å². The molecule has 0 bridgehead atoms. The highest BCUT2D eigenvalue weighted by Crippen LogP contribution is 2.17. The van der Waals surface area contributed by atoms with Crippen molar-refractivity contribution in [3.63, 3.8) is 0 Å². The Morgan fingerprint density at radius 3 is 2.62 bits per heavy atom. The van der Waals surface area contributed by atoms with Crippen LogP contribution in [-0.2, 0) is 23.8 Å². The summed E-state index contributed by atoms with van der Waals surface area (Å²) in [6, 6.07) is -0.382. The number of hydrogen-bond donors (Lipinski definition) is 2. The molecule has 0 spiro atoms. The van der Waals surface area contributed by atoms with Crippen molar-refractivity contribution in [2.45, 2.75) is 44.6 Å². The number of piperidine rings is 1. The fourth-order valence-electron chi connectivity index (χ4n) is 2.88. The SMILES string of the molecule is COCCOCCOCC(=O)N1CCCCC1C(=O)NCCCCCN. The van der Waals surface area contributed by atoms with Crippen molar-refractivity contribution >= 4 is 11.8 Å². The first kappa shape index (κ1) is 22.8. The summed E-state index contributed by atoms with van der Waals surface area (Å²) in [5.74, 6) is -0.196. The van der Waals surface area contributed by atoms with Gasteiger partial charge in [0.25, 0.3) is 0 Å². The average molecular weight is 373 g/mol. The molecule has 0 aromatic rings. The summed E-state index contributed by atoms with van der Waals surface area (Å²) in [7, 11) is 1.61. The lowest BCUT2D eigenvalue weighted by atomic mass is 10.0. The number of nitrogens with one attached hydrogen (secondary N) is 1. The van der Waals surface area contributed by atoms with Crippen molar-refractivity contribution in [2.24, 2.45) is 5.73 Å². The van der Waals surface area contributed by atoms with E-state index in [1.165, 1.54) is 0 Å². The molecule has 2 amide bonds. The van der Waals surface area contributed by atoms with E-state index in [9.17, 15) is 9.59 Å². The van der Waals surface area contributed by atoms with Crippen LogP contribution in [0.5, 0.6) is 0 Å². The van der Waals surface area contributed by atoms with Gasteiger partial charge in [0, 0.05) is 20.2 Å². The Morgan fingerprint density at radius 1 is 1.08 bits per heavy atom. The Bertz CT molecular complexity index is 395. The highest BCUT2D eigenvalue weighted by molar-refractivity contribution is 5.88. The number of nitrogens with two attached hydrogens (primary N) is 1. The molecular formula is C18H35N3O5. The summed E-state index contributed by atoms with van der Waals surface area (Å²) in [6.45, 7) is 3.71. The smallest absolute Gasteiger partial charge is 0.249 e. The molecule has 1 saturated heterocycles. The van der Waals surface area contributed by atoms with Crippen molar-refractivity contribution in [3.8, 4) is 0 Å². The fraction of sp³-hybridized carbons (Fsp3) is 0.889. The maximum absolute atomic E-state index is 12.4. The quantitative estimate of drug-likeness (QED) is 0.424. The number of unbranched alkanes of at least 4 members (excludes halogenated alkanes) is 2. The second-order valence-corrected chi connectivity index (χ2v) is 6.40. The van der Waals surface area contributed by atoms with Gasteiger partial charge in [-0.05, 0) is 38.6 Å². The lowest BCUT2D eigenvalue weighted by molar-refractivity contribution is -0.146. The molecule has 1 heterocycles. The zero-order valence-electron chi connectivity index (χ0n) is 16.0. The fourth-order valence-corrected chi connectivity index (χ4v) is 2.88. The van der Waals surface area contributed by atoms with Crippen LogP contribution in [0.4, 0.5) is 0 Å². The zero-order chi connectivity index (χ0) is 19.0. The van der Waals surface area contributed by atoms with Gasteiger partial charge in [0.15, 0.2) is 0 Å². The highest BCUT2D eigenvalue weighted by Gasteiger charge is 2.31. The monoisotopic (exact) mass is 373 g/mol. The lowest BCUT2D eigenvalue weighted by Crippen LogP contribution is -2.53. The molecule has 1 rings (SSSR count). The third-order valence-electron chi connectivity index (χ3n) is 4.34. The second kappa shape index (κ2) is 14.9. The Labute approximate surface area is 156 Å². The van der Waals surface area contributed by atoms with Crippen LogP contribution in [0, 0.1) is 0 Å². The van der Waals surface area contributed by atoms with Gasteiger partial charge in [0.05, 0.1) is 26.4 Å². The predicted octanol–water partition coefficient (Wildman–Crippen LogP) is 0.292. The van der Waals surface area contributed by atoms with E-state index in [0.29, 0.717) is 52.5 Å². The van der Waals surface area contributed by atoms with E-state index in [-0.39, 0.29) is 24.5 Å². The van der Waals surface area contributed by atoms with Crippen LogP contribution in [-0.4, -0.2) is 82.5 Å².